The Morgan fingerprint density at radius 3 is 2.47 bits per heavy atom. The fourth-order valence-corrected chi connectivity index (χ4v) is 1.26. The van der Waals surface area contributed by atoms with E-state index >= 15 is 0 Å². The minimum absolute atomic E-state index is 0.0352. The van der Waals surface area contributed by atoms with E-state index in [4.69, 9.17) is 5.11 Å². The number of halogens is 3. The molecule has 0 atom stereocenters. The van der Waals surface area contributed by atoms with Crippen LogP contribution in [0.4, 0.5) is 13.2 Å². The molecule has 0 amide bonds. The second-order valence-electron chi connectivity index (χ2n) is 2.97. The van der Waals surface area contributed by atoms with Gasteiger partial charge in [-0.3, -0.25) is 4.79 Å². The summed E-state index contributed by atoms with van der Waals surface area (Å²) in [6.07, 6.45) is -4.75. The van der Waals surface area contributed by atoms with Crippen molar-refractivity contribution in [1.29, 1.82) is 0 Å². The first-order valence-electron chi connectivity index (χ1n) is 4.30. The fraction of sp³-hybridized carbons (Fsp3) is 0.300. The smallest absolute Gasteiger partial charge is 0.420 e. The lowest BCUT2D eigenvalue weighted by Crippen LogP contribution is -2.12. The monoisotopic (exact) mass is 218 g/mol. The maximum absolute atomic E-state index is 12.5. The number of aromatic hydroxyl groups is 1. The number of benzene rings is 1. The van der Waals surface area contributed by atoms with Crippen molar-refractivity contribution in [3.63, 3.8) is 0 Å². The standard InChI is InChI=1S/C10H9F3O2/c1-2-7(14)6-4-3-5-8(15)9(6)10(11,12)13/h3-5,15H,2H2,1H3. The van der Waals surface area contributed by atoms with Crippen LogP contribution in [0.15, 0.2) is 18.2 Å². The first-order valence-corrected chi connectivity index (χ1v) is 4.30. The molecule has 0 saturated heterocycles. The number of rotatable bonds is 2. The van der Waals surface area contributed by atoms with Crippen molar-refractivity contribution >= 4 is 5.78 Å². The molecule has 1 aromatic carbocycles. The first kappa shape index (κ1) is 11.6. The van der Waals surface area contributed by atoms with Crippen LogP contribution in [0, 0.1) is 0 Å². The van der Waals surface area contributed by atoms with E-state index in [1.54, 1.807) is 0 Å². The van der Waals surface area contributed by atoms with Gasteiger partial charge in [0.15, 0.2) is 5.78 Å². The lowest BCUT2D eigenvalue weighted by atomic mass is 10.0. The summed E-state index contributed by atoms with van der Waals surface area (Å²) in [5, 5.41) is 9.10. The Bertz CT molecular complexity index is 383. The van der Waals surface area contributed by atoms with E-state index < -0.39 is 28.8 Å². The molecule has 0 bridgehead atoms. The quantitative estimate of drug-likeness (QED) is 0.774. The predicted octanol–water partition coefficient (Wildman–Crippen LogP) is 3.00. The van der Waals surface area contributed by atoms with Crippen molar-refractivity contribution in [3.05, 3.63) is 29.3 Å². The van der Waals surface area contributed by atoms with Gasteiger partial charge in [0.25, 0.3) is 0 Å². The van der Waals surface area contributed by atoms with Crippen LogP contribution >= 0.6 is 0 Å². The van der Waals surface area contributed by atoms with Crippen molar-refractivity contribution in [2.45, 2.75) is 19.5 Å². The molecule has 82 valence electrons. The summed E-state index contributed by atoms with van der Waals surface area (Å²) in [5.74, 6) is -1.56. The van der Waals surface area contributed by atoms with Crippen LogP contribution in [0.2, 0.25) is 0 Å². The van der Waals surface area contributed by atoms with E-state index in [0.29, 0.717) is 0 Å². The number of carbonyl (C=O) groups excluding carboxylic acids is 1. The van der Waals surface area contributed by atoms with Gasteiger partial charge in [-0.05, 0) is 6.07 Å². The number of carbonyl (C=O) groups is 1. The van der Waals surface area contributed by atoms with Gasteiger partial charge in [0.05, 0.1) is 0 Å². The molecule has 5 heteroatoms. The third kappa shape index (κ3) is 2.29. The summed E-state index contributed by atoms with van der Waals surface area (Å²) in [4.78, 5) is 11.2. The Morgan fingerprint density at radius 1 is 1.40 bits per heavy atom. The molecule has 0 radical (unpaired) electrons. The Kier molecular flexibility index (Phi) is 3.02. The second kappa shape index (κ2) is 3.92. The largest absolute Gasteiger partial charge is 0.507 e. The van der Waals surface area contributed by atoms with Crippen molar-refractivity contribution in [3.8, 4) is 5.75 Å². The highest BCUT2D eigenvalue weighted by atomic mass is 19.4. The van der Waals surface area contributed by atoms with Gasteiger partial charge in [-0.15, -0.1) is 0 Å². The number of phenolic OH excluding ortho intramolecular Hbond substituents is 1. The van der Waals surface area contributed by atoms with Gasteiger partial charge >= 0.3 is 6.18 Å². The highest BCUT2D eigenvalue weighted by molar-refractivity contribution is 5.98. The molecule has 1 N–H and O–H groups in total. The Balaban J connectivity index is 3.40. The Labute approximate surface area is 84.3 Å². The molecule has 2 nitrogen and oxygen atoms in total. The highest BCUT2D eigenvalue weighted by Crippen LogP contribution is 2.38. The summed E-state index contributed by atoms with van der Waals surface area (Å²) in [6.45, 7) is 1.46. The average molecular weight is 218 g/mol. The topological polar surface area (TPSA) is 37.3 Å². The zero-order valence-electron chi connectivity index (χ0n) is 7.93. The van der Waals surface area contributed by atoms with Gasteiger partial charge in [-0.25, -0.2) is 0 Å². The summed E-state index contributed by atoms with van der Waals surface area (Å²) >= 11 is 0. The van der Waals surface area contributed by atoms with E-state index in [0.717, 1.165) is 12.1 Å². The summed E-state index contributed by atoms with van der Waals surface area (Å²) < 4.78 is 37.5. The molecule has 15 heavy (non-hydrogen) atoms. The lowest BCUT2D eigenvalue weighted by molar-refractivity contribution is -0.139. The number of ketones is 1. The van der Waals surface area contributed by atoms with Crippen LogP contribution in [-0.4, -0.2) is 10.9 Å². The SMILES string of the molecule is CCC(=O)c1cccc(O)c1C(F)(F)F. The van der Waals surface area contributed by atoms with Gasteiger partial charge in [-0.2, -0.15) is 13.2 Å². The number of phenols is 1. The lowest BCUT2D eigenvalue weighted by Gasteiger charge is -2.12. The minimum atomic E-state index is -4.72. The number of Topliss-reactive ketones (excluding diaryl/α,β-unsaturated/α-hetero) is 1. The summed E-state index contributed by atoms with van der Waals surface area (Å²) in [7, 11) is 0. The first-order chi connectivity index (χ1) is 6.88. The molecule has 0 aliphatic rings. The van der Waals surface area contributed by atoms with E-state index in [1.165, 1.54) is 13.0 Å². The third-order valence-corrected chi connectivity index (χ3v) is 1.95. The minimum Gasteiger partial charge on any atom is -0.507 e. The fourth-order valence-electron chi connectivity index (χ4n) is 1.26. The van der Waals surface area contributed by atoms with E-state index in [2.05, 4.69) is 0 Å². The number of hydrogen-bond acceptors (Lipinski definition) is 2. The Morgan fingerprint density at radius 2 is 2.00 bits per heavy atom. The molecule has 1 rings (SSSR count). The predicted molar refractivity (Wildman–Crippen MR) is 47.7 cm³/mol. The molecule has 0 aromatic heterocycles. The second-order valence-corrected chi connectivity index (χ2v) is 2.97. The highest BCUT2D eigenvalue weighted by Gasteiger charge is 2.37. The van der Waals surface area contributed by atoms with Crippen molar-refractivity contribution < 1.29 is 23.1 Å². The molecule has 0 saturated carbocycles. The molecule has 0 spiro atoms. The van der Waals surface area contributed by atoms with Gasteiger partial charge in [0.1, 0.15) is 11.3 Å². The average Bonchev–Trinajstić information content (AvgIpc) is 2.14. The van der Waals surface area contributed by atoms with Crippen LogP contribution in [-0.2, 0) is 6.18 Å². The molecule has 0 fully saturated rings. The van der Waals surface area contributed by atoms with Crippen molar-refractivity contribution in [2.24, 2.45) is 0 Å². The zero-order chi connectivity index (χ0) is 11.6. The molecule has 0 unspecified atom stereocenters. The third-order valence-electron chi connectivity index (χ3n) is 1.95. The molecular weight excluding hydrogens is 209 g/mol. The Hall–Kier alpha value is -1.52. The maximum atomic E-state index is 12.5. The van der Waals surface area contributed by atoms with Crippen LogP contribution in [0.1, 0.15) is 29.3 Å². The molecule has 0 heterocycles. The van der Waals surface area contributed by atoms with Gasteiger partial charge in [0.2, 0.25) is 0 Å². The summed E-state index contributed by atoms with van der Waals surface area (Å²) in [5.41, 5.74) is -1.73. The van der Waals surface area contributed by atoms with Gasteiger partial charge < -0.3 is 5.11 Å². The zero-order valence-corrected chi connectivity index (χ0v) is 7.93. The summed E-state index contributed by atoms with van der Waals surface area (Å²) in [6, 6.07) is 3.19. The molecule has 1 aromatic rings. The normalized spacial score (nSPS) is 11.5. The van der Waals surface area contributed by atoms with Crippen LogP contribution in [0.5, 0.6) is 5.75 Å². The number of alkyl halides is 3. The van der Waals surface area contributed by atoms with Gasteiger partial charge in [-0.1, -0.05) is 19.1 Å². The van der Waals surface area contributed by atoms with Crippen molar-refractivity contribution in [2.75, 3.05) is 0 Å². The van der Waals surface area contributed by atoms with E-state index in [9.17, 15) is 18.0 Å². The van der Waals surface area contributed by atoms with Crippen LogP contribution in [0.3, 0.4) is 0 Å². The van der Waals surface area contributed by atoms with Gasteiger partial charge in [0, 0.05) is 12.0 Å². The van der Waals surface area contributed by atoms with Crippen LogP contribution in [0.25, 0.3) is 0 Å². The molecule has 0 aliphatic heterocycles. The number of hydrogen-bond donors (Lipinski definition) is 1. The molecule has 0 aliphatic carbocycles. The van der Waals surface area contributed by atoms with Crippen molar-refractivity contribution in [1.82, 2.24) is 0 Å². The van der Waals surface area contributed by atoms with E-state index in [-0.39, 0.29) is 6.42 Å². The molecular formula is C10H9F3O2. The maximum Gasteiger partial charge on any atom is 0.420 e. The van der Waals surface area contributed by atoms with Crippen LogP contribution < -0.4 is 0 Å². The van der Waals surface area contributed by atoms with E-state index in [1.807, 2.05) is 0 Å².